The van der Waals surface area contributed by atoms with Gasteiger partial charge in [0, 0.05) is 11.3 Å². The first-order chi connectivity index (χ1) is 11.1. The lowest BCUT2D eigenvalue weighted by Crippen LogP contribution is -2.03. The van der Waals surface area contributed by atoms with E-state index in [0.29, 0.717) is 5.88 Å². The lowest BCUT2D eigenvalue weighted by Gasteiger charge is -2.12. The maximum absolute atomic E-state index is 13.3. The van der Waals surface area contributed by atoms with Gasteiger partial charge in [-0.05, 0) is 30.2 Å². The van der Waals surface area contributed by atoms with Crippen molar-refractivity contribution >= 4 is 24.0 Å². The first-order valence-corrected chi connectivity index (χ1v) is 8.14. The number of halogens is 3. The molecule has 0 fully saturated rings. The second kappa shape index (κ2) is 7.82. The van der Waals surface area contributed by atoms with Gasteiger partial charge in [0.15, 0.2) is 0 Å². The van der Waals surface area contributed by atoms with Crippen molar-refractivity contribution in [3.05, 3.63) is 71.8 Å². The second-order valence-corrected chi connectivity index (χ2v) is 6.00. The van der Waals surface area contributed by atoms with Crippen LogP contribution >= 0.6 is 24.0 Å². The summed E-state index contributed by atoms with van der Waals surface area (Å²) >= 11 is 6.23. The highest BCUT2D eigenvalue weighted by Crippen LogP contribution is 2.31. The molecule has 3 aromatic rings. The molecule has 0 N–H and O–H groups in total. The third kappa shape index (κ3) is 3.47. The van der Waals surface area contributed by atoms with Crippen molar-refractivity contribution in [2.75, 3.05) is 0 Å². The molecule has 0 saturated carbocycles. The monoisotopic (exact) mass is 364 g/mol. The molecule has 1 aromatic heterocycles. The van der Waals surface area contributed by atoms with Crippen molar-refractivity contribution in [2.45, 2.75) is 25.6 Å². The largest absolute Gasteiger partial charge is 0.295 e. The van der Waals surface area contributed by atoms with Crippen molar-refractivity contribution in [2.24, 2.45) is 0 Å². The average Bonchev–Trinajstić information content (AvgIpc) is 2.96. The second-order valence-electron chi connectivity index (χ2n) is 5.73. The number of alkyl halides is 1. The molecule has 126 valence electrons. The van der Waals surface area contributed by atoms with E-state index >= 15 is 0 Å². The van der Waals surface area contributed by atoms with Crippen LogP contribution in [0.3, 0.4) is 0 Å². The fourth-order valence-corrected chi connectivity index (χ4v) is 2.97. The van der Waals surface area contributed by atoms with Gasteiger partial charge in [-0.2, -0.15) is 0 Å². The summed E-state index contributed by atoms with van der Waals surface area (Å²) in [6.45, 7) is 4.20. The third-order valence-electron chi connectivity index (χ3n) is 3.79. The van der Waals surface area contributed by atoms with Crippen molar-refractivity contribution < 1.29 is 4.39 Å². The molecule has 5 heteroatoms. The van der Waals surface area contributed by atoms with Crippen LogP contribution in [0.1, 0.15) is 31.2 Å². The van der Waals surface area contributed by atoms with Crippen LogP contribution in [0.15, 0.2) is 54.6 Å². The Morgan fingerprint density at radius 1 is 1.04 bits per heavy atom. The van der Waals surface area contributed by atoms with E-state index in [1.807, 2.05) is 34.9 Å². The van der Waals surface area contributed by atoms with Gasteiger partial charge in [-0.15, -0.1) is 24.0 Å². The van der Waals surface area contributed by atoms with Gasteiger partial charge in [-0.3, -0.25) is 4.57 Å². The topological polar surface area (TPSA) is 17.8 Å². The Morgan fingerprint density at radius 2 is 1.67 bits per heavy atom. The van der Waals surface area contributed by atoms with Crippen LogP contribution in [0.5, 0.6) is 0 Å². The highest BCUT2D eigenvalue weighted by Gasteiger charge is 2.20. The van der Waals surface area contributed by atoms with Crippen molar-refractivity contribution in [3.63, 3.8) is 0 Å². The quantitative estimate of drug-likeness (QED) is 0.522. The van der Waals surface area contributed by atoms with Crippen LogP contribution in [0.25, 0.3) is 17.1 Å². The summed E-state index contributed by atoms with van der Waals surface area (Å²) < 4.78 is 15.3. The molecule has 0 amide bonds. The predicted molar refractivity (Wildman–Crippen MR) is 99.9 cm³/mol. The van der Waals surface area contributed by atoms with E-state index in [2.05, 4.69) is 13.8 Å². The van der Waals surface area contributed by atoms with Crippen molar-refractivity contribution in [1.29, 1.82) is 0 Å². The van der Waals surface area contributed by atoms with E-state index in [0.717, 1.165) is 28.5 Å². The number of imidazole rings is 1. The molecule has 24 heavy (non-hydrogen) atoms. The fourth-order valence-electron chi connectivity index (χ4n) is 2.71. The Balaban J connectivity index is 0.00000208. The van der Waals surface area contributed by atoms with E-state index in [9.17, 15) is 4.39 Å². The van der Waals surface area contributed by atoms with E-state index in [1.54, 1.807) is 12.1 Å². The van der Waals surface area contributed by atoms with Crippen LogP contribution in [0.2, 0.25) is 0 Å². The number of hydrogen-bond donors (Lipinski definition) is 0. The maximum atomic E-state index is 13.3. The van der Waals surface area contributed by atoms with Gasteiger partial charge in [-0.25, -0.2) is 9.37 Å². The maximum Gasteiger partial charge on any atom is 0.145 e. The van der Waals surface area contributed by atoms with Crippen LogP contribution in [0, 0.1) is 5.82 Å². The molecule has 0 unspecified atom stereocenters. The lowest BCUT2D eigenvalue weighted by atomic mass is 10.1. The zero-order valence-corrected chi connectivity index (χ0v) is 15.1. The standard InChI is InChI=1S/C19H18ClFN2.ClH/c1-13(2)18-17(12-20)23(16-10-8-15(21)9-11-16)19(22-18)14-6-4-3-5-7-14;/h3-11,13H,12H2,1-2H3;1H. The fraction of sp³-hybridized carbons (Fsp3) is 0.211. The number of nitrogens with zero attached hydrogens (tertiary/aromatic N) is 2. The molecule has 1 heterocycles. The highest BCUT2D eigenvalue weighted by molar-refractivity contribution is 6.17. The Kier molecular flexibility index (Phi) is 6.03. The molecule has 0 aliphatic rings. The van der Waals surface area contributed by atoms with Gasteiger partial charge in [0.1, 0.15) is 11.6 Å². The normalized spacial score (nSPS) is 10.7. The minimum atomic E-state index is -0.258. The SMILES string of the molecule is CC(C)c1nc(-c2ccccc2)n(-c2ccc(F)cc2)c1CCl.Cl. The summed E-state index contributed by atoms with van der Waals surface area (Å²) in [4.78, 5) is 4.83. The Morgan fingerprint density at radius 3 is 2.21 bits per heavy atom. The van der Waals surface area contributed by atoms with E-state index in [-0.39, 0.29) is 24.1 Å². The van der Waals surface area contributed by atoms with Crippen molar-refractivity contribution in [3.8, 4) is 17.1 Å². The molecule has 3 rings (SSSR count). The van der Waals surface area contributed by atoms with Gasteiger partial charge in [0.2, 0.25) is 0 Å². The minimum Gasteiger partial charge on any atom is -0.295 e. The lowest BCUT2D eigenvalue weighted by molar-refractivity contribution is 0.627. The molecule has 0 radical (unpaired) electrons. The molecule has 0 spiro atoms. The van der Waals surface area contributed by atoms with Crippen LogP contribution in [0.4, 0.5) is 4.39 Å². The molecule has 0 aliphatic carbocycles. The Hall–Kier alpha value is -1.84. The smallest absolute Gasteiger partial charge is 0.145 e. The summed E-state index contributed by atoms with van der Waals surface area (Å²) in [5, 5.41) is 0. The van der Waals surface area contributed by atoms with Crippen LogP contribution in [-0.2, 0) is 5.88 Å². The van der Waals surface area contributed by atoms with E-state index in [4.69, 9.17) is 16.6 Å². The van der Waals surface area contributed by atoms with Crippen molar-refractivity contribution in [1.82, 2.24) is 9.55 Å². The molecule has 2 aromatic carbocycles. The highest BCUT2D eigenvalue weighted by atomic mass is 35.5. The number of benzene rings is 2. The van der Waals surface area contributed by atoms with E-state index < -0.39 is 0 Å². The minimum absolute atomic E-state index is 0. The predicted octanol–water partition coefficient (Wildman–Crippen LogP) is 5.96. The van der Waals surface area contributed by atoms with Gasteiger partial charge in [-0.1, -0.05) is 44.2 Å². The van der Waals surface area contributed by atoms with Crippen LogP contribution < -0.4 is 0 Å². The first kappa shape index (κ1) is 18.5. The molecule has 0 atom stereocenters. The summed E-state index contributed by atoms with van der Waals surface area (Å²) in [5.74, 6) is 1.18. The summed E-state index contributed by atoms with van der Waals surface area (Å²) in [6, 6.07) is 16.4. The Labute approximate surface area is 152 Å². The van der Waals surface area contributed by atoms with Crippen LogP contribution in [-0.4, -0.2) is 9.55 Å². The number of aromatic nitrogens is 2. The molecular formula is C19H19Cl2FN2. The van der Waals surface area contributed by atoms with Gasteiger partial charge in [0.05, 0.1) is 17.3 Å². The summed E-state index contributed by atoms with van der Waals surface area (Å²) in [7, 11) is 0. The third-order valence-corrected chi connectivity index (χ3v) is 4.05. The average molecular weight is 365 g/mol. The molecule has 0 aliphatic heterocycles. The van der Waals surface area contributed by atoms with Gasteiger partial charge >= 0.3 is 0 Å². The van der Waals surface area contributed by atoms with E-state index in [1.165, 1.54) is 12.1 Å². The molecule has 0 saturated heterocycles. The first-order valence-electron chi connectivity index (χ1n) is 7.60. The Bertz CT molecular complexity index is 796. The summed E-state index contributed by atoms with van der Waals surface area (Å²) in [6.07, 6.45) is 0. The number of rotatable bonds is 4. The molecule has 0 bridgehead atoms. The molecule has 2 nitrogen and oxygen atoms in total. The summed E-state index contributed by atoms with van der Waals surface area (Å²) in [5.41, 5.74) is 3.80. The number of hydrogen-bond acceptors (Lipinski definition) is 1. The molecular weight excluding hydrogens is 346 g/mol. The zero-order valence-electron chi connectivity index (χ0n) is 13.5. The zero-order chi connectivity index (χ0) is 16.4. The van der Waals surface area contributed by atoms with Gasteiger partial charge < -0.3 is 0 Å². The van der Waals surface area contributed by atoms with Gasteiger partial charge in [0.25, 0.3) is 0 Å².